The van der Waals surface area contributed by atoms with Gasteiger partial charge in [-0.25, -0.2) is 0 Å². The highest BCUT2D eigenvalue weighted by Crippen LogP contribution is 2.24. The minimum absolute atomic E-state index is 0.00709. The van der Waals surface area contributed by atoms with Crippen molar-refractivity contribution in [1.82, 2.24) is 15.5 Å². The highest BCUT2D eigenvalue weighted by atomic mass is 16.5. The third kappa shape index (κ3) is 6.08. The number of carbonyl (C=O) groups excluding carboxylic acids is 2. The molecule has 1 aromatic carbocycles. The van der Waals surface area contributed by atoms with Gasteiger partial charge in [0.1, 0.15) is 11.8 Å². The average molecular weight is 430 g/mol. The Morgan fingerprint density at radius 2 is 1.84 bits per heavy atom. The van der Waals surface area contributed by atoms with Gasteiger partial charge in [0.2, 0.25) is 5.91 Å². The molecule has 3 rings (SSSR count). The molecule has 2 atom stereocenters. The van der Waals surface area contributed by atoms with Gasteiger partial charge in [-0.1, -0.05) is 26.0 Å². The largest absolute Gasteiger partial charge is 0.497 e. The molecule has 2 unspecified atom stereocenters. The van der Waals surface area contributed by atoms with Gasteiger partial charge in [-0.15, -0.1) is 0 Å². The van der Waals surface area contributed by atoms with Crippen LogP contribution in [0.1, 0.15) is 36.0 Å². The lowest BCUT2D eigenvalue weighted by Crippen LogP contribution is -2.51. The summed E-state index contributed by atoms with van der Waals surface area (Å²) in [6.07, 6.45) is 1.43. The molecule has 1 aliphatic heterocycles. The lowest BCUT2D eigenvalue weighted by molar-refractivity contribution is -0.124. The molecule has 31 heavy (non-hydrogen) atoms. The number of hydrogen-bond acceptors (Lipinski definition) is 6. The van der Waals surface area contributed by atoms with E-state index >= 15 is 0 Å². The molecule has 0 radical (unpaired) electrons. The maximum atomic E-state index is 13.0. The standard InChI is InChI=1S/C23H31N3O5/c1-16(2)21(25-22(27)20-5-4-12-31-20)23(28)24-15-19(26-10-13-30-14-11-26)17-6-8-18(29-3)9-7-17/h4-9,12,16,19,21H,10-11,13-15H2,1-3H3,(H,24,28)(H,25,27). The summed E-state index contributed by atoms with van der Waals surface area (Å²) in [5.41, 5.74) is 1.09. The van der Waals surface area contributed by atoms with E-state index in [4.69, 9.17) is 13.9 Å². The number of morpholine rings is 1. The van der Waals surface area contributed by atoms with Gasteiger partial charge in [0.05, 0.1) is 32.6 Å². The number of furan rings is 1. The Morgan fingerprint density at radius 3 is 2.42 bits per heavy atom. The van der Waals surface area contributed by atoms with Gasteiger partial charge in [0.15, 0.2) is 5.76 Å². The lowest BCUT2D eigenvalue weighted by Gasteiger charge is -2.35. The molecule has 168 valence electrons. The number of hydrogen-bond donors (Lipinski definition) is 2. The maximum absolute atomic E-state index is 13.0. The Labute approximate surface area is 182 Å². The average Bonchev–Trinajstić information content (AvgIpc) is 3.33. The normalized spacial score (nSPS) is 16.5. The van der Waals surface area contributed by atoms with Crippen molar-refractivity contribution in [2.24, 2.45) is 5.92 Å². The molecule has 0 spiro atoms. The summed E-state index contributed by atoms with van der Waals surface area (Å²) in [7, 11) is 1.64. The molecule has 2 aromatic rings. The van der Waals surface area contributed by atoms with E-state index in [1.807, 2.05) is 38.1 Å². The molecule has 0 saturated carbocycles. The van der Waals surface area contributed by atoms with Crippen LogP contribution < -0.4 is 15.4 Å². The summed E-state index contributed by atoms with van der Waals surface area (Å²) in [5, 5.41) is 5.82. The smallest absolute Gasteiger partial charge is 0.287 e. The van der Waals surface area contributed by atoms with Crippen LogP contribution >= 0.6 is 0 Å². The van der Waals surface area contributed by atoms with Crippen molar-refractivity contribution < 1.29 is 23.5 Å². The zero-order chi connectivity index (χ0) is 22.2. The summed E-state index contributed by atoms with van der Waals surface area (Å²) < 4.78 is 15.9. The Bertz CT molecular complexity index is 829. The maximum Gasteiger partial charge on any atom is 0.287 e. The van der Waals surface area contributed by atoms with E-state index in [1.54, 1.807) is 19.2 Å². The highest BCUT2D eigenvalue weighted by Gasteiger charge is 2.28. The first-order valence-electron chi connectivity index (χ1n) is 10.6. The summed E-state index contributed by atoms with van der Waals surface area (Å²) in [6, 6.07) is 10.4. The first-order valence-corrected chi connectivity index (χ1v) is 10.6. The number of ether oxygens (including phenoxy) is 2. The summed E-state index contributed by atoms with van der Waals surface area (Å²) >= 11 is 0. The SMILES string of the molecule is COc1ccc(C(CNC(=O)C(NC(=O)c2ccco2)C(C)C)N2CCOCC2)cc1. The van der Waals surface area contributed by atoms with Crippen LogP contribution in [0.5, 0.6) is 5.75 Å². The number of amides is 2. The van der Waals surface area contributed by atoms with Crippen molar-refractivity contribution in [1.29, 1.82) is 0 Å². The van der Waals surface area contributed by atoms with Crippen LogP contribution in [0.4, 0.5) is 0 Å². The molecule has 2 N–H and O–H groups in total. The van der Waals surface area contributed by atoms with Crippen LogP contribution in [0.15, 0.2) is 47.1 Å². The Kier molecular flexibility index (Phi) is 8.08. The summed E-state index contributed by atoms with van der Waals surface area (Å²) in [5.74, 6) is 0.263. The van der Waals surface area contributed by atoms with Gasteiger partial charge in [-0.05, 0) is 35.7 Å². The summed E-state index contributed by atoms with van der Waals surface area (Å²) in [6.45, 7) is 7.11. The van der Waals surface area contributed by atoms with E-state index in [0.717, 1.165) is 24.4 Å². The molecule has 1 saturated heterocycles. The fourth-order valence-electron chi connectivity index (χ4n) is 3.64. The molecular formula is C23H31N3O5. The Hall–Kier alpha value is -2.84. The van der Waals surface area contributed by atoms with Crippen LogP contribution in [0, 0.1) is 5.92 Å². The first-order chi connectivity index (χ1) is 15.0. The van der Waals surface area contributed by atoms with Gasteiger partial charge in [0.25, 0.3) is 5.91 Å². The first kappa shape index (κ1) is 22.8. The van der Waals surface area contributed by atoms with E-state index in [0.29, 0.717) is 19.8 Å². The topological polar surface area (TPSA) is 93.0 Å². The molecule has 1 aliphatic rings. The van der Waals surface area contributed by atoms with Crippen LogP contribution in [0.25, 0.3) is 0 Å². The number of benzene rings is 1. The second-order valence-corrected chi connectivity index (χ2v) is 7.85. The van der Waals surface area contributed by atoms with Crippen LogP contribution in [0.3, 0.4) is 0 Å². The third-order valence-corrected chi connectivity index (χ3v) is 5.44. The van der Waals surface area contributed by atoms with Crippen LogP contribution in [-0.2, 0) is 9.53 Å². The zero-order valence-electron chi connectivity index (χ0n) is 18.3. The number of rotatable bonds is 9. The van der Waals surface area contributed by atoms with E-state index in [-0.39, 0.29) is 23.6 Å². The molecule has 0 bridgehead atoms. The fourth-order valence-corrected chi connectivity index (χ4v) is 3.64. The van der Waals surface area contributed by atoms with Crippen molar-refractivity contribution in [3.05, 3.63) is 54.0 Å². The Balaban J connectivity index is 1.69. The second kappa shape index (κ2) is 11.0. The number of nitrogens with zero attached hydrogens (tertiary/aromatic N) is 1. The predicted molar refractivity (Wildman–Crippen MR) is 116 cm³/mol. The van der Waals surface area contributed by atoms with E-state index in [2.05, 4.69) is 15.5 Å². The number of nitrogens with one attached hydrogen (secondary N) is 2. The summed E-state index contributed by atoms with van der Waals surface area (Å²) in [4.78, 5) is 27.7. The van der Waals surface area contributed by atoms with Crippen molar-refractivity contribution in [2.75, 3.05) is 40.0 Å². The van der Waals surface area contributed by atoms with Crippen LogP contribution in [-0.4, -0.2) is 62.7 Å². The van der Waals surface area contributed by atoms with Crippen LogP contribution in [0.2, 0.25) is 0 Å². The van der Waals surface area contributed by atoms with E-state index in [9.17, 15) is 9.59 Å². The molecule has 1 fully saturated rings. The molecule has 8 nitrogen and oxygen atoms in total. The van der Waals surface area contributed by atoms with Crippen molar-refractivity contribution in [3.8, 4) is 5.75 Å². The molecule has 0 aliphatic carbocycles. The minimum Gasteiger partial charge on any atom is -0.497 e. The van der Waals surface area contributed by atoms with Crippen molar-refractivity contribution in [2.45, 2.75) is 25.9 Å². The van der Waals surface area contributed by atoms with Gasteiger partial charge in [-0.3, -0.25) is 14.5 Å². The number of methoxy groups -OCH3 is 1. The van der Waals surface area contributed by atoms with E-state index < -0.39 is 11.9 Å². The van der Waals surface area contributed by atoms with Gasteiger partial charge >= 0.3 is 0 Å². The minimum atomic E-state index is -0.668. The Morgan fingerprint density at radius 1 is 1.13 bits per heavy atom. The monoisotopic (exact) mass is 429 g/mol. The zero-order valence-corrected chi connectivity index (χ0v) is 18.3. The van der Waals surface area contributed by atoms with Gasteiger partial charge in [0, 0.05) is 19.6 Å². The van der Waals surface area contributed by atoms with Crippen molar-refractivity contribution in [3.63, 3.8) is 0 Å². The highest BCUT2D eigenvalue weighted by molar-refractivity contribution is 5.95. The third-order valence-electron chi connectivity index (χ3n) is 5.44. The molecule has 1 aromatic heterocycles. The lowest BCUT2D eigenvalue weighted by atomic mass is 10.0. The van der Waals surface area contributed by atoms with Gasteiger partial charge in [-0.2, -0.15) is 0 Å². The van der Waals surface area contributed by atoms with E-state index in [1.165, 1.54) is 6.26 Å². The molecule has 2 heterocycles. The number of carbonyl (C=O) groups is 2. The second-order valence-electron chi connectivity index (χ2n) is 7.85. The quantitative estimate of drug-likeness (QED) is 0.635. The molecular weight excluding hydrogens is 398 g/mol. The predicted octanol–water partition coefficient (Wildman–Crippen LogP) is 2.23. The molecule has 8 heteroatoms. The van der Waals surface area contributed by atoms with Gasteiger partial charge < -0.3 is 24.5 Å². The molecule has 2 amide bonds. The van der Waals surface area contributed by atoms with Crippen molar-refractivity contribution >= 4 is 11.8 Å². The fraction of sp³-hybridized carbons (Fsp3) is 0.478.